The van der Waals surface area contributed by atoms with Gasteiger partial charge in [-0.1, -0.05) is 6.07 Å². The lowest BCUT2D eigenvalue weighted by molar-refractivity contribution is -0.136. The van der Waals surface area contributed by atoms with Gasteiger partial charge in [0.05, 0.1) is 11.9 Å². The quantitative estimate of drug-likeness (QED) is 0.517. The van der Waals surface area contributed by atoms with Crippen LogP contribution >= 0.6 is 0 Å². The molecule has 1 aromatic carbocycles. The van der Waals surface area contributed by atoms with Gasteiger partial charge in [-0.05, 0) is 93.2 Å². The fourth-order valence-corrected chi connectivity index (χ4v) is 8.20. The molecule has 1 amide bonds. The second-order valence-corrected chi connectivity index (χ2v) is 13.7. The third kappa shape index (κ3) is 5.08. The first-order chi connectivity index (χ1) is 18.1. The van der Waals surface area contributed by atoms with Gasteiger partial charge in [-0.25, -0.2) is 13.4 Å². The number of sulfonamides is 1. The van der Waals surface area contributed by atoms with Gasteiger partial charge in [0, 0.05) is 43.1 Å². The lowest BCUT2D eigenvalue weighted by atomic mass is 9.52. The van der Waals surface area contributed by atoms with E-state index in [9.17, 15) is 18.3 Å². The Balaban J connectivity index is 1.10. The monoisotopic (exact) mass is 539 g/mol. The fourth-order valence-electron chi connectivity index (χ4n) is 7.64. The second kappa shape index (κ2) is 9.41. The van der Waals surface area contributed by atoms with Crippen molar-refractivity contribution in [3.63, 3.8) is 0 Å². The molecule has 5 fully saturated rings. The highest BCUT2D eigenvalue weighted by Crippen LogP contribution is 2.55. The van der Waals surface area contributed by atoms with E-state index in [0.717, 1.165) is 69.5 Å². The zero-order valence-corrected chi connectivity index (χ0v) is 22.8. The smallest absolute Gasteiger partial charge is 0.270 e. The minimum atomic E-state index is -3.30. The number of carbonyl (C=O) groups is 1. The second-order valence-electron chi connectivity index (χ2n) is 12.0. The van der Waals surface area contributed by atoms with Crippen molar-refractivity contribution in [3.8, 4) is 0 Å². The van der Waals surface area contributed by atoms with Crippen molar-refractivity contribution < 1.29 is 18.3 Å². The zero-order valence-electron chi connectivity index (χ0n) is 22.0. The maximum Gasteiger partial charge on any atom is 0.270 e. The number of nitrogens with one attached hydrogen (secondary N) is 2. The first-order valence-electron chi connectivity index (χ1n) is 13.6. The molecule has 10 heteroatoms. The van der Waals surface area contributed by atoms with Crippen LogP contribution in [0.2, 0.25) is 0 Å². The van der Waals surface area contributed by atoms with Crippen molar-refractivity contribution >= 4 is 33.1 Å². The van der Waals surface area contributed by atoms with E-state index in [2.05, 4.69) is 26.8 Å². The van der Waals surface area contributed by atoms with Gasteiger partial charge in [-0.15, -0.1) is 0 Å². The molecule has 4 saturated carbocycles. The predicted octanol–water partition coefficient (Wildman–Crippen LogP) is 2.84. The summed E-state index contributed by atoms with van der Waals surface area (Å²) in [4.78, 5) is 22.6. The number of hydrogen-bond acceptors (Lipinski definition) is 7. The first kappa shape index (κ1) is 25.4. The highest BCUT2D eigenvalue weighted by atomic mass is 32.2. The standard InChI is InChI=1S/C28H37N5O4S/c1-18-17-32(23-8-6-22(7-9-23)31-38(2,36)37)10-11-33(18)25-5-3-4-24(29-25)27(34)30-26-20-12-19-13-21(26)16-28(35,14-19)15-20/h3-9,18-21,26,31,35H,10-17H2,1-2H3,(H,30,34)/t18-,19?,20?,21?,26-,28-/m1/s1. The summed E-state index contributed by atoms with van der Waals surface area (Å²) in [6.07, 6.45) is 5.89. The molecular formula is C28H37N5O4S. The van der Waals surface area contributed by atoms with Gasteiger partial charge in [0.25, 0.3) is 5.91 Å². The number of pyridine rings is 1. The Morgan fingerprint density at radius 2 is 1.76 bits per heavy atom. The van der Waals surface area contributed by atoms with Crippen LogP contribution in [0.5, 0.6) is 0 Å². The summed E-state index contributed by atoms with van der Waals surface area (Å²) in [5.74, 6) is 2.02. The molecule has 9 nitrogen and oxygen atoms in total. The molecular weight excluding hydrogens is 502 g/mol. The van der Waals surface area contributed by atoms with E-state index in [-0.39, 0.29) is 18.0 Å². The number of nitrogens with zero attached hydrogens (tertiary/aromatic N) is 3. The topological polar surface area (TPSA) is 115 Å². The molecule has 4 aliphatic carbocycles. The highest BCUT2D eigenvalue weighted by molar-refractivity contribution is 7.92. The molecule has 1 aromatic heterocycles. The lowest BCUT2D eigenvalue weighted by Crippen LogP contribution is -2.61. The van der Waals surface area contributed by atoms with Gasteiger partial charge >= 0.3 is 0 Å². The van der Waals surface area contributed by atoms with E-state index in [1.54, 1.807) is 18.2 Å². The molecule has 0 radical (unpaired) electrons. The Hall–Kier alpha value is -2.85. The number of benzene rings is 1. The lowest BCUT2D eigenvalue weighted by Gasteiger charge is -2.58. The van der Waals surface area contributed by atoms with Crippen LogP contribution in [-0.4, -0.2) is 68.0 Å². The third-order valence-corrected chi connectivity index (χ3v) is 9.57. The minimum Gasteiger partial charge on any atom is -0.390 e. The average molecular weight is 540 g/mol. The van der Waals surface area contributed by atoms with Crippen molar-refractivity contribution in [2.75, 3.05) is 40.4 Å². The molecule has 1 aliphatic heterocycles. The number of aliphatic hydroxyl groups is 1. The third-order valence-electron chi connectivity index (χ3n) is 8.96. The van der Waals surface area contributed by atoms with Crippen LogP contribution < -0.4 is 19.8 Å². The van der Waals surface area contributed by atoms with E-state index in [1.165, 1.54) is 0 Å². The van der Waals surface area contributed by atoms with Crippen molar-refractivity contribution in [1.29, 1.82) is 0 Å². The summed E-state index contributed by atoms with van der Waals surface area (Å²) >= 11 is 0. The van der Waals surface area contributed by atoms with Crippen molar-refractivity contribution in [2.45, 2.75) is 56.7 Å². The van der Waals surface area contributed by atoms with Crippen molar-refractivity contribution in [2.24, 2.45) is 17.8 Å². The minimum absolute atomic E-state index is 0.120. The molecule has 1 saturated heterocycles. The summed E-state index contributed by atoms with van der Waals surface area (Å²) in [6, 6.07) is 13.4. The molecule has 3 N–H and O–H groups in total. The molecule has 38 heavy (non-hydrogen) atoms. The van der Waals surface area contributed by atoms with Gasteiger partial charge in [-0.2, -0.15) is 0 Å². The highest BCUT2D eigenvalue weighted by Gasteiger charge is 2.55. The van der Waals surface area contributed by atoms with E-state index in [0.29, 0.717) is 29.1 Å². The summed E-state index contributed by atoms with van der Waals surface area (Å²) in [7, 11) is -3.30. The molecule has 0 spiro atoms. The van der Waals surface area contributed by atoms with Gasteiger partial charge in [-0.3, -0.25) is 9.52 Å². The molecule has 3 atom stereocenters. The normalized spacial score (nSPS) is 32.3. The van der Waals surface area contributed by atoms with Crippen molar-refractivity contribution in [1.82, 2.24) is 10.3 Å². The van der Waals surface area contributed by atoms with E-state index < -0.39 is 15.6 Å². The van der Waals surface area contributed by atoms with Crippen molar-refractivity contribution in [3.05, 3.63) is 48.2 Å². The van der Waals surface area contributed by atoms with E-state index in [4.69, 9.17) is 4.98 Å². The Bertz CT molecular complexity index is 1300. The van der Waals surface area contributed by atoms with E-state index in [1.807, 2.05) is 24.3 Å². The van der Waals surface area contributed by atoms with Gasteiger partial charge in [0.15, 0.2) is 0 Å². The predicted molar refractivity (Wildman–Crippen MR) is 148 cm³/mol. The maximum absolute atomic E-state index is 13.3. The summed E-state index contributed by atoms with van der Waals surface area (Å²) in [6.45, 7) is 4.48. The van der Waals surface area contributed by atoms with Crippen LogP contribution in [-0.2, 0) is 10.0 Å². The average Bonchev–Trinajstić information content (AvgIpc) is 2.84. The summed E-state index contributed by atoms with van der Waals surface area (Å²) in [5, 5.41) is 14.2. The molecule has 2 unspecified atom stereocenters. The zero-order chi connectivity index (χ0) is 26.7. The molecule has 2 heterocycles. The number of amides is 1. The summed E-state index contributed by atoms with van der Waals surface area (Å²) < 4.78 is 25.4. The molecule has 5 aliphatic rings. The Morgan fingerprint density at radius 1 is 1.05 bits per heavy atom. The Labute approximate surface area is 224 Å². The van der Waals surface area contributed by atoms with Crippen LogP contribution in [0.15, 0.2) is 42.5 Å². The number of carbonyl (C=O) groups excluding carboxylic acids is 1. The maximum atomic E-state index is 13.3. The molecule has 2 aromatic rings. The van der Waals surface area contributed by atoms with Crippen LogP contribution in [0.4, 0.5) is 17.2 Å². The number of piperazine rings is 1. The first-order valence-corrected chi connectivity index (χ1v) is 15.5. The number of rotatable bonds is 6. The molecule has 204 valence electrons. The SMILES string of the molecule is C[C@@H]1CN(c2ccc(NS(C)(=O)=O)cc2)CCN1c1cccc(C(=O)N[C@H]2C3CC4CC2C[C@](O)(C4)C3)n1. The van der Waals surface area contributed by atoms with Crippen LogP contribution in [0.3, 0.4) is 0 Å². The fraction of sp³-hybridized carbons (Fsp3) is 0.571. The summed E-state index contributed by atoms with van der Waals surface area (Å²) in [5.41, 5.74) is 1.52. The Morgan fingerprint density at radius 3 is 2.39 bits per heavy atom. The van der Waals surface area contributed by atoms with Crippen LogP contribution in [0.1, 0.15) is 49.5 Å². The Kier molecular flexibility index (Phi) is 6.30. The molecule has 7 rings (SSSR count). The van der Waals surface area contributed by atoms with Gasteiger partial charge in [0.1, 0.15) is 11.5 Å². The van der Waals surface area contributed by atoms with Gasteiger partial charge in [0.2, 0.25) is 10.0 Å². The van der Waals surface area contributed by atoms with Crippen LogP contribution in [0.25, 0.3) is 0 Å². The van der Waals surface area contributed by atoms with Crippen LogP contribution in [0, 0.1) is 17.8 Å². The molecule has 4 bridgehead atoms. The number of hydrogen-bond donors (Lipinski definition) is 3. The largest absolute Gasteiger partial charge is 0.390 e. The van der Waals surface area contributed by atoms with E-state index >= 15 is 0 Å². The number of aromatic nitrogens is 1. The van der Waals surface area contributed by atoms with Gasteiger partial charge < -0.3 is 20.2 Å². The number of anilines is 3.